The summed E-state index contributed by atoms with van der Waals surface area (Å²) in [6.07, 6.45) is -0.0545. The van der Waals surface area contributed by atoms with E-state index in [2.05, 4.69) is 20.9 Å². The van der Waals surface area contributed by atoms with Crippen LogP contribution < -0.4 is 4.74 Å². The monoisotopic (exact) mass is 357 g/mol. The second kappa shape index (κ2) is 5.97. The van der Waals surface area contributed by atoms with Crippen LogP contribution in [0.25, 0.3) is 10.9 Å². The molecule has 0 unspecified atom stereocenters. The third kappa shape index (κ3) is 2.88. The van der Waals surface area contributed by atoms with Gasteiger partial charge in [0.2, 0.25) is 0 Å². The average molecular weight is 359 g/mol. The van der Waals surface area contributed by atoms with Gasteiger partial charge in [-0.3, -0.25) is 0 Å². The van der Waals surface area contributed by atoms with E-state index in [0.717, 1.165) is 4.47 Å². The molecule has 0 bridgehead atoms. The van der Waals surface area contributed by atoms with Gasteiger partial charge in [-0.05, 0) is 41.9 Å². The van der Waals surface area contributed by atoms with Crippen molar-refractivity contribution >= 4 is 44.4 Å². The maximum Gasteiger partial charge on any atom is 0.356 e. The van der Waals surface area contributed by atoms with Crippen molar-refractivity contribution < 1.29 is 14.3 Å². The summed E-state index contributed by atoms with van der Waals surface area (Å²) in [5.74, 6) is -0.0101. The van der Waals surface area contributed by atoms with Crippen LogP contribution in [0.3, 0.4) is 0 Å². The fourth-order valence-corrected chi connectivity index (χ4v) is 2.45. The van der Waals surface area contributed by atoms with Crippen molar-refractivity contribution in [1.29, 1.82) is 0 Å². The van der Waals surface area contributed by atoms with Gasteiger partial charge in [0.05, 0.1) is 29.1 Å². The summed E-state index contributed by atoms with van der Waals surface area (Å²) in [6.45, 7) is 3.80. The lowest BCUT2D eigenvalue weighted by molar-refractivity contribution is 0.0593. The van der Waals surface area contributed by atoms with E-state index >= 15 is 0 Å². The van der Waals surface area contributed by atoms with E-state index in [0.29, 0.717) is 21.7 Å². The van der Waals surface area contributed by atoms with Gasteiger partial charge in [0.25, 0.3) is 0 Å². The first-order valence-corrected chi connectivity index (χ1v) is 7.15. The van der Waals surface area contributed by atoms with E-state index < -0.39 is 5.97 Å². The first-order chi connectivity index (χ1) is 9.43. The fourth-order valence-electron chi connectivity index (χ4n) is 1.79. The van der Waals surface area contributed by atoms with Gasteiger partial charge in [-0.25, -0.2) is 9.78 Å². The van der Waals surface area contributed by atoms with Crippen molar-refractivity contribution in [2.45, 2.75) is 20.0 Å². The molecule has 0 aliphatic heterocycles. The van der Waals surface area contributed by atoms with Crippen molar-refractivity contribution in [2.24, 2.45) is 0 Å². The predicted octanol–water partition coefficient (Wildman–Crippen LogP) is 4.22. The molecule has 2 rings (SSSR count). The van der Waals surface area contributed by atoms with Crippen LogP contribution in [-0.2, 0) is 4.74 Å². The molecule has 0 amide bonds. The molecule has 0 atom stereocenters. The lowest BCUT2D eigenvalue weighted by Crippen LogP contribution is -2.10. The number of hydrogen-bond donors (Lipinski definition) is 0. The summed E-state index contributed by atoms with van der Waals surface area (Å²) in [5, 5.41) is 1.19. The molecule has 0 aliphatic rings. The molecule has 0 radical (unpaired) electrons. The number of esters is 1. The summed E-state index contributed by atoms with van der Waals surface area (Å²) < 4.78 is 11.2. The fraction of sp³-hybridized carbons (Fsp3) is 0.286. The molecular weight excluding hydrogens is 346 g/mol. The molecule has 6 heteroatoms. The van der Waals surface area contributed by atoms with Crippen molar-refractivity contribution in [1.82, 2.24) is 4.98 Å². The number of nitrogens with zero attached hydrogens (tertiary/aromatic N) is 1. The highest BCUT2D eigenvalue weighted by Gasteiger charge is 2.17. The van der Waals surface area contributed by atoms with Crippen molar-refractivity contribution in [3.63, 3.8) is 0 Å². The van der Waals surface area contributed by atoms with E-state index in [4.69, 9.17) is 21.1 Å². The normalized spacial score (nSPS) is 10.9. The highest BCUT2D eigenvalue weighted by Crippen LogP contribution is 2.36. The Bertz CT molecular complexity index is 673. The highest BCUT2D eigenvalue weighted by molar-refractivity contribution is 9.10. The number of aromatic nitrogens is 1. The summed E-state index contributed by atoms with van der Waals surface area (Å²) >= 11 is 9.63. The molecule has 20 heavy (non-hydrogen) atoms. The van der Waals surface area contributed by atoms with Gasteiger partial charge in [0.15, 0.2) is 5.69 Å². The van der Waals surface area contributed by atoms with Crippen LogP contribution in [0.5, 0.6) is 5.75 Å². The molecule has 1 aromatic carbocycles. The van der Waals surface area contributed by atoms with E-state index in [1.165, 1.54) is 7.11 Å². The molecule has 0 aliphatic carbocycles. The van der Waals surface area contributed by atoms with Crippen LogP contribution in [0.2, 0.25) is 5.02 Å². The molecule has 0 saturated heterocycles. The molecule has 0 fully saturated rings. The summed E-state index contributed by atoms with van der Waals surface area (Å²) in [7, 11) is 1.31. The number of fused-ring (bicyclic) bond motifs is 1. The Hall–Kier alpha value is -1.33. The topological polar surface area (TPSA) is 48.4 Å². The van der Waals surface area contributed by atoms with Crippen molar-refractivity contribution in [2.75, 3.05) is 7.11 Å². The zero-order chi connectivity index (χ0) is 14.9. The largest absolute Gasteiger partial charge is 0.490 e. The Morgan fingerprint density at radius 1 is 1.40 bits per heavy atom. The first-order valence-electron chi connectivity index (χ1n) is 5.97. The minimum Gasteiger partial charge on any atom is -0.490 e. The van der Waals surface area contributed by atoms with Crippen LogP contribution in [0.4, 0.5) is 0 Å². The number of carbonyl (C=O) groups excluding carboxylic acids is 1. The Labute approximate surface area is 130 Å². The third-order valence-electron chi connectivity index (χ3n) is 2.58. The second-order valence-electron chi connectivity index (χ2n) is 4.42. The van der Waals surface area contributed by atoms with Gasteiger partial charge in [-0.15, -0.1) is 0 Å². The first kappa shape index (κ1) is 15.1. The second-order valence-corrected chi connectivity index (χ2v) is 5.68. The highest BCUT2D eigenvalue weighted by atomic mass is 79.9. The Balaban J connectivity index is 2.77. The van der Waals surface area contributed by atoms with Crippen LogP contribution in [-0.4, -0.2) is 24.2 Å². The summed E-state index contributed by atoms with van der Waals surface area (Å²) in [4.78, 5) is 16.0. The van der Waals surface area contributed by atoms with Crippen LogP contribution in [0.15, 0.2) is 22.7 Å². The smallest absolute Gasteiger partial charge is 0.356 e. The van der Waals surface area contributed by atoms with Crippen molar-refractivity contribution in [3.8, 4) is 5.75 Å². The van der Waals surface area contributed by atoms with E-state index in [-0.39, 0.29) is 11.8 Å². The Morgan fingerprint density at radius 3 is 2.70 bits per heavy atom. The van der Waals surface area contributed by atoms with Gasteiger partial charge >= 0.3 is 5.97 Å². The third-order valence-corrected chi connectivity index (χ3v) is 3.54. The summed E-state index contributed by atoms with van der Waals surface area (Å²) in [5.41, 5.74) is 0.745. The SMILES string of the molecule is COC(=O)c1cc(OC(C)C)c2c(Cl)ccc(Br)c2n1. The van der Waals surface area contributed by atoms with E-state index in [9.17, 15) is 4.79 Å². The molecule has 4 nitrogen and oxygen atoms in total. The number of benzene rings is 1. The minimum absolute atomic E-state index is 0.0545. The minimum atomic E-state index is -0.521. The number of halogens is 2. The van der Waals surface area contributed by atoms with E-state index in [1.54, 1.807) is 18.2 Å². The van der Waals surface area contributed by atoms with Gasteiger partial charge < -0.3 is 9.47 Å². The quantitative estimate of drug-likeness (QED) is 0.771. The van der Waals surface area contributed by atoms with Gasteiger partial charge in [0, 0.05) is 10.5 Å². The molecule has 1 aromatic heterocycles. The lowest BCUT2D eigenvalue weighted by Gasteiger charge is -2.15. The zero-order valence-corrected chi connectivity index (χ0v) is 13.6. The number of ether oxygens (including phenoxy) is 2. The predicted molar refractivity (Wildman–Crippen MR) is 81.6 cm³/mol. The van der Waals surface area contributed by atoms with Gasteiger partial charge in [0.1, 0.15) is 5.75 Å². The summed E-state index contributed by atoms with van der Waals surface area (Å²) in [6, 6.07) is 5.07. The van der Waals surface area contributed by atoms with Gasteiger partial charge in [-0.2, -0.15) is 0 Å². The number of carbonyl (C=O) groups is 1. The molecular formula is C14H13BrClNO3. The number of hydrogen-bond acceptors (Lipinski definition) is 4. The number of pyridine rings is 1. The standard InChI is InChI=1S/C14H13BrClNO3/c1-7(2)20-11-6-10(14(18)19-3)17-13-8(15)4-5-9(16)12(11)13/h4-7H,1-3H3. The number of rotatable bonds is 3. The maximum absolute atomic E-state index is 11.7. The average Bonchev–Trinajstić information content (AvgIpc) is 2.41. The molecule has 2 aromatic rings. The van der Waals surface area contributed by atoms with Crippen LogP contribution in [0.1, 0.15) is 24.3 Å². The maximum atomic E-state index is 11.7. The molecule has 1 heterocycles. The Morgan fingerprint density at radius 2 is 2.10 bits per heavy atom. The molecule has 106 valence electrons. The van der Waals surface area contributed by atoms with Crippen molar-refractivity contribution in [3.05, 3.63) is 33.4 Å². The van der Waals surface area contributed by atoms with Crippen LogP contribution in [0, 0.1) is 0 Å². The Kier molecular flexibility index (Phi) is 4.50. The molecule has 0 spiro atoms. The molecule has 0 N–H and O–H groups in total. The zero-order valence-electron chi connectivity index (χ0n) is 11.2. The molecule has 0 saturated carbocycles. The van der Waals surface area contributed by atoms with Gasteiger partial charge in [-0.1, -0.05) is 11.6 Å². The van der Waals surface area contributed by atoms with Crippen LogP contribution >= 0.6 is 27.5 Å². The lowest BCUT2D eigenvalue weighted by atomic mass is 10.1. The number of methoxy groups -OCH3 is 1. The van der Waals surface area contributed by atoms with E-state index in [1.807, 2.05) is 13.8 Å².